The molecule has 0 saturated carbocycles. The number of ether oxygens (including phenoxy) is 1. The lowest BCUT2D eigenvalue weighted by Crippen LogP contribution is -2.00. The maximum absolute atomic E-state index is 5.53. The van der Waals surface area contributed by atoms with Crippen LogP contribution in [0.5, 0.6) is 5.88 Å². The second kappa shape index (κ2) is 4.22. The monoisotopic (exact) mass is 218 g/mol. The van der Waals surface area contributed by atoms with Gasteiger partial charge in [0, 0.05) is 24.4 Å². The van der Waals surface area contributed by atoms with Gasteiger partial charge in [-0.25, -0.2) is 4.98 Å². The molecule has 0 unspecified atom stereocenters. The van der Waals surface area contributed by atoms with Crippen LogP contribution in [0.2, 0.25) is 0 Å². The number of nitrogens with zero attached hydrogens (tertiary/aromatic N) is 3. The Morgan fingerprint density at radius 1 is 1.38 bits per heavy atom. The van der Waals surface area contributed by atoms with Crippen molar-refractivity contribution in [1.82, 2.24) is 14.8 Å². The van der Waals surface area contributed by atoms with Crippen molar-refractivity contribution in [2.24, 2.45) is 7.05 Å². The minimum absolute atomic E-state index is 0.469. The van der Waals surface area contributed by atoms with Crippen LogP contribution >= 0.6 is 0 Å². The highest BCUT2D eigenvalue weighted by Gasteiger charge is 2.04. The van der Waals surface area contributed by atoms with Crippen molar-refractivity contribution in [1.29, 1.82) is 0 Å². The average molecular weight is 218 g/mol. The summed E-state index contributed by atoms with van der Waals surface area (Å²) in [6.07, 6.45) is 3.37. The molecule has 2 heterocycles. The fourth-order valence-electron chi connectivity index (χ4n) is 1.31. The van der Waals surface area contributed by atoms with Crippen LogP contribution in [-0.4, -0.2) is 14.8 Å². The van der Waals surface area contributed by atoms with E-state index in [0.717, 1.165) is 11.3 Å². The molecule has 0 aliphatic rings. The van der Waals surface area contributed by atoms with Crippen molar-refractivity contribution in [3.63, 3.8) is 0 Å². The maximum atomic E-state index is 5.53. The minimum Gasteiger partial charge on any atom is -0.473 e. The quantitative estimate of drug-likeness (QED) is 0.842. The molecule has 2 N–H and O–H groups in total. The van der Waals surface area contributed by atoms with E-state index in [1.165, 1.54) is 0 Å². The summed E-state index contributed by atoms with van der Waals surface area (Å²) in [6.45, 7) is 2.47. The van der Waals surface area contributed by atoms with Crippen molar-refractivity contribution in [3.8, 4) is 5.88 Å². The van der Waals surface area contributed by atoms with E-state index in [2.05, 4.69) is 10.1 Å². The van der Waals surface area contributed by atoms with Crippen LogP contribution in [0.4, 0.5) is 5.69 Å². The van der Waals surface area contributed by atoms with Gasteiger partial charge in [-0.1, -0.05) is 0 Å². The van der Waals surface area contributed by atoms with E-state index in [1.807, 2.05) is 18.7 Å². The van der Waals surface area contributed by atoms with Gasteiger partial charge in [-0.3, -0.25) is 4.68 Å². The molecule has 0 aromatic carbocycles. The Labute approximate surface area is 93.9 Å². The predicted octanol–water partition coefficient (Wildman–Crippen LogP) is 1.28. The minimum atomic E-state index is 0.469. The van der Waals surface area contributed by atoms with Crippen LogP contribution in [0.25, 0.3) is 0 Å². The van der Waals surface area contributed by atoms with E-state index in [9.17, 15) is 0 Å². The maximum Gasteiger partial charge on any atom is 0.213 e. The normalized spacial score (nSPS) is 10.4. The third-order valence-corrected chi connectivity index (χ3v) is 2.47. The summed E-state index contributed by atoms with van der Waals surface area (Å²) < 4.78 is 7.34. The highest BCUT2D eigenvalue weighted by Crippen LogP contribution is 2.12. The van der Waals surface area contributed by atoms with Crippen LogP contribution in [-0.2, 0) is 13.7 Å². The first kappa shape index (κ1) is 10.5. The summed E-state index contributed by atoms with van der Waals surface area (Å²) in [5, 5.41) is 4.14. The van der Waals surface area contributed by atoms with Gasteiger partial charge in [0.05, 0.1) is 18.1 Å². The summed E-state index contributed by atoms with van der Waals surface area (Å²) >= 11 is 0. The SMILES string of the molecule is Cc1c(COc2ccc(N)cn2)cnn1C. The highest BCUT2D eigenvalue weighted by molar-refractivity contribution is 5.36. The van der Waals surface area contributed by atoms with Crippen molar-refractivity contribution >= 4 is 5.69 Å². The van der Waals surface area contributed by atoms with E-state index in [1.54, 1.807) is 24.5 Å². The van der Waals surface area contributed by atoms with Crippen LogP contribution in [0.3, 0.4) is 0 Å². The van der Waals surface area contributed by atoms with Gasteiger partial charge in [0.2, 0.25) is 5.88 Å². The van der Waals surface area contributed by atoms with E-state index < -0.39 is 0 Å². The molecule has 0 amide bonds. The molecule has 2 rings (SSSR count). The molecule has 0 spiro atoms. The molecule has 0 bridgehead atoms. The van der Waals surface area contributed by atoms with Gasteiger partial charge in [0.1, 0.15) is 6.61 Å². The van der Waals surface area contributed by atoms with Gasteiger partial charge in [-0.05, 0) is 13.0 Å². The molecule has 84 valence electrons. The number of anilines is 1. The van der Waals surface area contributed by atoms with Crippen LogP contribution in [0, 0.1) is 6.92 Å². The van der Waals surface area contributed by atoms with Gasteiger partial charge >= 0.3 is 0 Å². The Balaban J connectivity index is 2.02. The van der Waals surface area contributed by atoms with E-state index >= 15 is 0 Å². The molecule has 0 atom stereocenters. The Morgan fingerprint density at radius 3 is 2.75 bits per heavy atom. The Hall–Kier alpha value is -2.04. The molecule has 0 aliphatic carbocycles. The molecule has 0 radical (unpaired) electrons. The molecular weight excluding hydrogens is 204 g/mol. The smallest absolute Gasteiger partial charge is 0.213 e. The third-order valence-electron chi connectivity index (χ3n) is 2.47. The first-order valence-corrected chi connectivity index (χ1v) is 4.98. The predicted molar refractivity (Wildman–Crippen MR) is 60.9 cm³/mol. The van der Waals surface area contributed by atoms with Gasteiger partial charge in [0.25, 0.3) is 0 Å². The summed E-state index contributed by atoms with van der Waals surface area (Å²) in [6, 6.07) is 3.51. The van der Waals surface area contributed by atoms with Crippen molar-refractivity contribution < 1.29 is 4.74 Å². The second-order valence-electron chi connectivity index (χ2n) is 3.60. The molecule has 0 aliphatic heterocycles. The molecule has 5 nitrogen and oxygen atoms in total. The summed E-state index contributed by atoms with van der Waals surface area (Å²) in [7, 11) is 1.90. The molecule has 16 heavy (non-hydrogen) atoms. The number of aromatic nitrogens is 3. The second-order valence-corrected chi connectivity index (χ2v) is 3.60. The summed E-state index contributed by atoms with van der Waals surface area (Å²) in [4.78, 5) is 4.06. The Kier molecular flexibility index (Phi) is 2.76. The van der Waals surface area contributed by atoms with E-state index in [4.69, 9.17) is 10.5 Å². The lowest BCUT2D eigenvalue weighted by molar-refractivity contribution is 0.293. The highest BCUT2D eigenvalue weighted by atomic mass is 16.5. The molecule has 5 heteroatoms. The van der Waals surface area contributed by atoms with Crippen molar-refractivity contribution in [2.45, 2.75) is 13.5 Å². The number of hydrogen-bond donors (Lipinski definition) is 1. The molecule has 2 aromatic heterocycles. The zero-order valence-corrected chi connectivity index (χ0v) is 9.34. The number of pyridine rings is 1. The summed E-state index contributed by atoms with van der Waals surface area (Å²) in [5.74, 6) is 0.567. The van der Waals surface area contributed by atoms with Crippen LogP contribution < -0.4 is 10.5 Å². The standard InChI is InChI=1S/C11H14N4O/c1-8-9(5-14-15(8)2)7-16-11-4-3-10(12)6-13-11/h3-6H,7,12H2,1-2H3. The molecule has 2 aromatic rings. The van der Waals surface area contributed by atoms with Gasteiger partial charge in [0.15, 0.2) is 0 Å². The zero-order valence-electron chi connectivity index (χ0n) is 9.34. The van der Waals surface area contributed by atoms with Crippen molar-refractivity contribution in [2.75, 3.05) is 5.73 Å². The largest absolute Gasteiger partial charge is 0.473 e. The topological polar surface area (TPSA) is 66.0 Å². The van der Waals surface area contributed by atoms with Gasteiger partial charge in [-0.2, -0.15) is 5.10 Å². The fourth-order valence-corrected chi connectivity index (χ4v) is 1.31. The van der Waals surface area contributed by atoms with E-state index in [-0.39, 0.29) is 0 Å². The fraction of sp³-hybridized carbons (Fsp3) is 0.273. The molecular formula is C11H14N4O. The van der Waals surface area contributed by atoms with Gasteiger partial charge in [-0.15, -0.1) is 0 Å². The van der Waals surface area contributed by atoms with Gasteiger partial charge < -0.3 is 10.5 Å². The lowest BCUT2D eigenvalue weighted by Gasteiger charge is -2.04. The first-order chi connectivity index (χ1) is 7.66. The first-order valence-electron chi connectivity index (χ1n) is 4.98. The summed E-state index contributed by atoms with van der Waals surface area (Å²) in [5.41, 5.74) is 8.31. The zero-order chi connectivity index (χ0) is 11.5. The lowest BCUT2D eigenvalue weighted by atomic mass is 10.3. The van der Waals surface area contributed by atoms with Crippen LogP contribution in [0.1, 0.15) is 11.3 Å². The number of nitrogen functional groups attached to an aromatic ring is 1. The number of aryl methyl sites for hydroxylation is 1. The average Bonchev–Trinajstić information content (AvgIpc) is 2.60. The third kappa shape index (κ3) is 2.13. The number of nitrogens with two attached hydrogens (primary N) is 1. The van der Waals surface area contributed by atoms with Crippen LogP contribution in [0.15, 0.2) is 24.5 Å². The molecule has 0 saturated heterocycles. The van der Waals surface area contributed by atoms with Crippen molar-refractivity contribution in [3.05, 3.63) is 35.8 Å². The number of rotatable bonds is 3. The Morgan fingerprint density at radius 2 is 2.19 bits per heavy atom. The van der Waals surface area contributed by atoms with E-state index in [0.29, 0.717) is 18.2 Å². The Bertz CT molecular complexity index is 475. The molecule has 0 fully saturated rings. The number of hydrogen-bond acceptors (Lipinski definition) is 4.